The molecular formula is C34H38ClF3N4O5S2. The molecule has 0 unspecified atom stereocenters. The third-order valence-corrected chi connectivity index (χ3v) is 11.1. The van der Waals surface area contributed by atoms with Crippen LogP contribution in [0.1, 0.15) is 37.1 Å². The number of nitrogens with zero attached hydrogens (tertiary/aromatic N) is 4. The number of carbonyl (C=O) groups is 1. The second kappa shape index (κ2) is 15.1. The fourth-order valence-electron chi connectivity index (χ4n) is 5.22. The number of imidazole rings is 1. The van der Waals surface area contributed by atoms with Crippen LogP contribution in [0.25, 0.3) is 5.69 Å². The summed E-state index contributed by atoms with van der Waals surface area (Å²) in [5, 5.41) is 12.1. The molecule has 264 valence electrons. The second-order valence-electron chi connectivity index (χ2n) is 12.9. The third-order valence-electron chi connectivity index (χ3n) is 7.97. The van der Waals surface area contributed by atoms with Gasteiger partial charge in [-0.15, -0.1) is 0 Å². The lowest BCUT2D eigenvalue weighted by atomic mass is 9.81. The number of hydrogen-bond acceptors (Lipinski definition) is 7. The van der Waals surface area contributed by atoms with Gasteiger partial charge in [-0.05, 0) is 54.1 Å². The van der Waals surface area contributed by atoms with Crippen molar-refractivity contribution < 1.29 is 40.7 Å². The smallest absolute Gasteiger partial charge is 0.243 e. The fourth-order valence-corrected chi connectivity index (χ4v) is 7.87. The van der Waals surface area contributed by atoms with Crippen molar-refractivity contribution in [3.05, 3.63) is 100 Å². The zero-order valence-electron chi connectivity index (χ0n) is 28.0. The van der Waals surface area contributed by atoms with E-state index >= 15 is 8.78 Å². The number of thioether (sulfide) groups is 1. The number of halogens is 4. The minimum Gasteiger partial charge on any atom is -0.549 e. The number of benzene rings is 3. The number of aromatic nitrogens is 2. The summed E-state index contributed by atoms with van der Waals surface area (Å²) in [5.41, 5.74) is 0.927. The maximum Gasteiger partial charge on any atom is 0.243 e. The van der Waals surface area contributed by atoms with Crippen molar-refractivity contribution in [1.29, 1.82) is 0 Å². The number of carboxylic acid groups (broad SMARTS) is 1. The monoisotopic (exact) mass is 738 g/mol. The molecular weight excluding hydrogens is 701 g/mol. The molecule has 0 saturated carbocycles. The predicted octanol–water partition coefficient (Wildman–Crippen LogP) is 5.41. The zero-order chi connectivity index (χ0) is 36.3. The number of ether oxygens (including phenoxy) is 1. The first-order valence-corrected chi connectivity index (χ1v) is 17.9. The van der Waals surface area contributed by atoms with Crippen molar-refractivity contribution >= 4 is 39.4 Å². The number of hydrogen-bond donors (Lipinski definition) is 0. The van der Waals surface area contributed by atoms with Crippen molar-refractivity contribution in [1.82, 2.24) is 13.9 Å². The van der Waals surface area contributed by atoms with Crippen LogP contribution >= 0.6 is 23.4 Å². The summed E-state index contributed by atoms with van der Waals surface area (Å²) in [7, 11) is 2.60. The number of carbonyl (C=O) groups excluding carboxylic acids is 1. The Morgan fingerprint density at radius 3 is 2.27 bits per heavy atom. The van der Waals surface area contributed by atoms with Gasteiger partial charge in [0, 0.05) is 35.4 Å². The lowest BCUT2D eigenvalue weighted by Crippen LogP contribution is -2.43. The summed E-state index contributed by atoms with van der Waals surface area (Å²) in [6, 6.07) is 12.4. The van der Waals surface area contributed by atoms with Gasteiger partial charge >= 0.3 is 0 Å². The van der Waals surface area contributed by atoms with Crippen LogP contribution in [-0.2, 0) is 26.0 Å². The van der Waals surface area contributed by atoms with Gasteiger partial charge < -0.3 is 19.1 Å². The first kappa shape index (κ1) is 38.2. The summed E-state index contributed by atoms with van der Waals surface area (Å²) in [6.45, 7) is 3.28. The van der Waals surface area contributed by atoms with Gasteiger partial charge in [-0.2, -0.15) is 4.31 Å². The van der Waals surface area contributed by atoms with Gasteiger partial charge in [0.1, 0.15) is 23.2 Å². The Bertz CT molecular complexity index is 1910. The standard InChI is InChI=1S/C34H38ClF3N4O5S2/c1-34(2,22-8-13-27(35)30(16-22)47-6)31-19-39-33(41(31)24-11-9-23(36)10-12-24)48-21-26-28(37)17-25(18-29(26)38)49(45,46)40(20-32(43)44)14-7-15-42(3,4)5/h8-13,16-19H,7,14-15,20-21H2,1-6H3. The summed E-state index contributed by atoms with van der Waals surface area (Å²) in [6.07, 6.45) is 1.93. The third kappa shape index (κ3) is 8.97. The molecule has 0 aliphatic heterocycles. The Labute approximate surface area is 293 Å². The highest BCUT2D eigenvalue weighted by molar-refractivity contribution is 7.98. The highest BCUT2D eigenvalue weighted by Crippen LogP contribution is 2.39. The normalized spacial score (nSPS) is 12.5. The van der Waals surface area contributed by atoms with Gasteiger partial charge in [-0.25, -0.2) is 26.6 Å². The van der Waals surface area contributed by atoms with E-state index in [1.807, 2.05) is 41.1 Å². The average molecular weight is 739 g/mol. The molecule has 0 N–H and O–H groups in total. The molecule has 0 aliphatic rings. The Morgan fingerprint density at radius 2 is 1.69 bits per heavy atom. The molecule has 0 aliphatic carbocycles. The van der Waals surface area contributed by atoms with E-state index in [-0.39, 0.29) is 12.3 Å². The number of methoxy groups -OCH3 is 1. The molecule has 49 heavy (non-hydrogen) atoms. The van der Waals surface area contributed by atoms with Crippen molar-refractivity contribution in [3.63, 3.8) is 0 Å². The first-order chi connectivity index (χ1) is 22.8. The molecule has 0 amide bonds. The van der Waals surface area contributed by atoms with E-state index in [1.165, 1.54) is 19.2 Å². The summed E-state index contributed by atoms with van der Waals surface area (Å²) in [5.74, 6) is -4.15. The molecule has 0 radical (unpaired) electrons. The number of sulfonamides is 1. The number of quaternary nitrogens is 1. The zero-order valence-corrected chi connectivity index (χ0v) is 30.4. The summed E-state index contributed by atoms with van der Waals surface area (Å²) < 4.78 is 80.0. The van der Waals surface area contributed by atoms with Crippen molar-refractivity contribution in [2.75, 3.05) is 47.9 Å². The fraction of sp³-hybridized carbons (Fsp3) is 0.353. The molecule has 1 heterocycles. The van der Waals surface area contributed by atoms with E-state index in [0.717, 1.165) is 17.3 Å². The predicted molar refractivity (Wildman–Crippen MR) is 181 cm³/mol. The quantitative estimate of drug-likeness (QED) is 0.119. The summed E-state index contributed by atoms with van der Waals surface area (Å²) >= 11 is 7.26. The number of rotatable bonds is 15. The van der Waals surface area contributed by atoms with Crippen LogP contribution in [-0.4, -0.2) is 80.6 Å². The van der Waals surface area contributed by atoms with Crippen LogP contribution in [0.15, 0.2) is 70.8 Å². The molecule has 1 aromatic heterocycles. The van der Waals surface area contributed by atoms with Crippen LogP contribution < -0.4 is 9.84 Å². The van der Waals surface area contributed by atoms with Gasteiger partial charge in [0.05, 0.1) is 69.1 Å². The van der Waals surface area contributed by atoms with E-state index in [9.17, 15) is 22.7 Å². The molecule has 0 saturated heterocycles. The van der Waals surface area contributed by atoms with E-state index in [0.29, 0.717) is 61.2 Å². The lowest BCUT2D eigenvalue weighted by molar-refractivity contribution is -0.870. The Morgan fingerprint density at radius 1 is 1.06 bits per heavy atom. The molecule has 0 atom stereocenters. The minimum absolute atomic E-state index is 0.180. The van der Waals surface area contributed by atoms with Gasteiger partial charge in [0.2, 0.25) is 10.0 Å². The number of carboxylic acids is 1. The van der Waals surface area contributed by atoms with Crippen LogP contribution in [0, 0.1) is 17.5 Å². The van der Waals surface area contributed by atoms with Crippen LogP contribution in [0.2, 0.25) is 5.02 Å². The Hall–Kier alpha value is -3.56. The maximum absolute atomic E-state index is 15.5. The topological polar surface area (TPSA) is 105 Å². The van der Waals surface area contributed by atoms with Gasteiger partial charge in [0.15, 0.2) is 5.16 Å². The maximum atomic E-state index is 15.5. The second-order valence-corrected chi connectivity index (χ2v) is 16.2. The van der Waals surface area contributed by atoms with E-state index in [4.69, 9.17) is 16.3 Å². The molecule has 9 nitrogen and oxygen atoms in total. The Balaban J connectivity index is 1.68. The van der Waals surface area contributed by atoms with Crippen LogP contribution in [0.5, 0.6) is 5.75 Å². The van der Waals surface area contributed by atoms with Crippen LogP contribution in [0.4, 0.5) is 13.2 Å². The molecule has 4 rings (SSSR count). The van der Waals surface area contributed by atoms with Gasteiger partial charge in [-0.1, -0.05) is 43.3 Å². The minimum atomic E-state index is -4.58. The molecule has 0 bridgehead atoms. The molecule has 15 heteroatoms. The lowest BCUT2D eigenvalue weighted by Gasteiger charge is -2.28. The molecule has 0 spiro atoms. The average Bonchev–Trinajstić information content (AvgIpc) is 3.44. The molecule has 4 aromatic rings. The van der Waals surface area contributed by atoms with Crippen molar-refractivity contribution in [3.8, 4) is 11.4 Å². The SMILES string of the molecule is COc1cc(C(C)(C)c2cnc(SCc3c(F)cc(S(=O)(=O)N(CCC[N+](C)(C)C)CC(=O)[O-])cc3F)n2-c2ccc(F)cc2)ccc1Cl. The first-order valence-electron chi connectivity index (χ1n) is 15.1. The largest absolute Gasteiger partial charge is 0.549 e. The van der Waals surface area contributed by atoms with Gasteiger partial charge in [0.25, 0.3) is 0 Å². The summed E-state index contributed by atoms with van der Waals surface area (Å²) in [4.78, 5) is 15.2. The van der Waals surface area contributed by atoms with E-state index in [2.05, 4.69) is 4.98 Å². The van der Waals surface area contributed by atoms with E-state index < -0.39 is 55.9 Å². The molecule has 0 fully saturated rings. The highest BCUT2D eigenvalue weighted by Gasteiger charge is 2.31. The number of aliphatic carboxylic acids is 1. The highest BCUT2D eigenvalue weighted by atomic mass is 35.5. The van der Waals surface area contributed by atoms with Crippen molar-refractivity contribution in [2.24, 2.45) is 0 Å². The van der Waals surface area contributed by atoms with Crippen molar-refractivity contribution in [2.45, 2.75) is 41.5 Å². The van der Waals surface area contributed by atoms with Crippen LogP contribution in [0.3, 0.4) is 0 Å². The van der Waals surface area contributed by atoms with Gasteiger partial charge in [-0.3, -0.25) is 4.57 Å². The Kier molecular flexibility index (Phi) is 11.8. The molecule has 3 aromatic carbocycles. The van der Waals surface area contributed by atoms with E-state index in [1.54, 1.807) is 35.0 Å².